The Balaban J connectivity index is 1.73. The number of rotatable bonds is 2. The molecule has 0 atom stereocenters. The van der Waals surface area contributed by atoms with E-state index >= 15 is 0 Å². The van der Waals surface area contributed by atoms with Crippen LogP contribution in [0.4, 0.5) is 0 Å². The summed E-state index contributed by atoms with van der Waals surface area (Å²) < 4.78 is 7.58. The zero-order valence-corrected chi connectivity index (χ0v) is 17.6. The van der Waals surface area contributed by atoms with Gasteiger partial charge in [-0.2, -0.15) is 5.10 Å². The second-order valence-electron chi connectivity index (χ2n) is 7.35. The van der Waals surface area contributed by atoms with E-state index in [9.17, 15) is 9.59 Å². The third-order valence-electron chi connectivity index (χ3n) is 4.82. The van der Waals surface area contributed by atoms with Crippen molar-refractivity contribution < 1.29 is 14.3 Å². The molecule has 0 aliphatic carbocycles. The molecule has 1 aliphatic heterocycles. The molecule has 1 N–H and O–H groups in total. The summed E-state index contributed by atoms with van der Waals surface area (Å²) in [6.45, 7) is 6.13. The number of amides is 2. The van der Waals surface area contributed by atoms with Gasteiger partial charge in [0.1, 0.15) is 11.4 Å². The molecule has 0 radical (unpaired) electrons. The van der Waals surface area contributed by atoms with Crippen molar-refractivity contribution in [3.8, 4) is 5.75 Å². The van der Waals surface area contributed by atoms with Crippen LogP contribution in [0.5, 0.6) is 5.75 Å². The minimum absolute atomic E-state index is 0.0257. The van der Waals surface area contributed by atoms with Crippen LogP contribution in [0.3, 0.4) is 0 Å². The molecule has 1 aromatic carbocycles. The Morgan fingerprint density at radius 3 is 2.79 bits per heavy atom. The van der Waals surface area contributed by atoms with Crippen molar-refractivity contribution in [3.05, 3.63) is 46.7 Å². The maximum atomic E-state index is 13.1. The molecule has 0 unspecified atom stereocenters. The van der Waals surface area contributed by atoms with Crippen LogP contribution in [0.2, 0.25) is 5.02 Å². The highest BCUT2D eigenvalue weighted by atomic mass is 35.5. The third kappa shape index (κ3) is 5.29. The lowest BCUT2D eigenvalue weighted by Crippen LogP contribution is -2.35. The molecular weight excluding hydrogens is 392 g/mol. The minimum Gasteiger partial charge on any atom is -0.493 e. The van der Waals surface area contributed by atoms with Crippen LogP contribution in [0.25, 0.3) is 0 Å². The van der Waals surface area contributed by atoms with Crippen molar-refractivity contribution in [3.63, 3.8) is 0 Å². The van der Waals surface area contributed by atoms with Crippen LogP contribution in [0.15, 0.2) is 30.5 Å². The van der Waals surface area contributed by atoms with E-state index in [0.29, 0.717) is 54.7 Å². The number of hydrogen-bond donors (Lipinski definition) is 1. The summed E-state index contributed by atoms with van der Waals surface area (Å²) in [5, 5.41) is 7.67. The zero-order valence-electron chi connectivity index (χ0n) is 16.9. The molecule has 0 bridgehead atoms. The fraction of sp³-hybridized carbons (Fsp3) is 0.476. The average Bonchev–Trinajstić information content (AvgIpc) is 3.19. The van der Waals surface area contributed by atoms with Gasteiger partial charge in [0.2, 0.25) is 0 Å². The van der Waals surface area contributed by atoms with Gasteiger partial charge in [-0.05, 0) is 57.4 Å². The van der Waals surface area contributed by atoms with Gasteiger partial charge in [-0.25, -0.2) is 0 Å². The third-order valence-corrected chi connectivity index (χ3v) is 5.06. The smallest absolute Gasteiger partial charge is 0.272 e. The number of ether oxygens (including phenoxy) is 1. The predicted molar refractivity (Wildman–Crippen MR) is 112 cm³/mol. The van der Waals surface area contributed by atoms with Crippen molar-refractivity contribution in [2.45, 2.75) is 39.2 Å². The van der Waals surface area contributed by atoms with Gasteiger partial charge in [-0.1, -0.05) is 11.6 Å². The summed E-state index contributed by atoms with van der Waals surface area (Å²) in [6.07, 6.45) is 3.89. The molecule has 2 aromatic rings. The normalized spacial score (nSPS) is 16.1. The van der Waals surface area contributed by atoms with Gasteiger partial charge in [-0.3, -0.25) is 14.3 Å². The molecule has 156 valence electrons. The van der Waals surface area contributed by atoms with Crippen molar-refractivity contribution in [2.75, 3.05) is 26.2 Å². The van der Waals surface area contributed by atoms with Crippen LogP contribution in [0.1, 0.15) is 60.0 Å². The fourth-order valence-electron chi connectivity index (χ4n) is 3.34. The summed E-state index contributed by atoms with van der Waals surface area (Å²) in [7, 11) is 0. The van der Waals surface area contributed by atoms with Crippen LogP contribution in [-0.4, -0.2) is 52.7 Å². The van der Waals surface area contributed by atoms with E-state index in [-0.39, 0.29) is 17.9 Å². The highest BCUT2D eigenvalue weighted by molar-refractivity contribution is 6.31. The van der Waals surface area contributed by atoms with E-state index in [1.807, 2.05) is 18.7 Å². The van der Waals surface area contributed by atoms with E-state index in [1.165, 1.54) is 0 Å². The van der Waals surface area contributed by atoms with Crippen molar-refractivity contribution >= 4 is 23.4 Å². The monoisotopic (exact) mass is 418 g/mol. The number of nitrogens with one attached hydrogen (secondary N) is 1. The lowest BCUT2D eigenvalue weighted by atomic mass is 10.2. The molecular formula is C21H27ClN4O3. The second-order valence-corrected chi connectivity index (χ2v) is 7.79. The minimum atomic E-state index is -0.199. The van der Waals surface area contributed by atoms with E-state index in [1.54, 1.807) is 35.1 Å². The van der Waals surface area contributed by atoms with Crippen molar-refractivity contribution in [1.29, 1.82) is 0 Å². The summed E-state index contributed by atoms with van der Waals surface area (Å²) in [6, 6.07) is 6.91. The van der Waals surface area contributed by atoms with Crippen LogP contribution >= 0.6 is 11.6 Å². The largest absolute Gasteiger partial charge is 0.493 e. The molecule has 1 aliphatic rings. The molecule has 7 nitrogen and oxygen atoms in total. The predicted octanol–water partition coefficient (Wildman–Crippen LogP) is 3.55. The van der Waals surface area contributed by atoms with Gasteiger partial charge in [0.25, 0.3) is 11.8 Å². The lowest BCUT2D eigenvalue weighted by molar-refractivity contribution is 0.0729. The van der Waals surface area contributed by atoms with E-state index in [4.69, 9.17) is 16.3 Å². The topological polar surface area (TPSA) is 76.5 Å². The highest BCUT2D eigenvalue weighted by Crippen LogP contribution is 2.23. The quantitative estimate of drug-likeness (QED) is 0.809. The van der Waals surface area contributed by atoms with Gasteiger partial charge in [0.05, 0.1) is 12.2 Å². The zero-order chi connectivity index (χ0) is 20.8. The van der Waals surface area contributed by atoms with Crippen LogP contribution < -0.4 is 10.1 Å². The molecule has 0 spiro atoms. The molecule has 1 aromatic heterocycles. The number of carbonyl (C=O) groups is 2. The molecule has 29 heavy (non-hydrogen) atoms. The van der Waals surface area contributed by atoms with Gasteiger partial charge in [0.15, 0.2) is 0 Å². The highest BCUT2D eigenvalue weighted by Gasteiger charge is 2.21. The summed E-state index contributed by atoms with van der Waals surface area (Å²) in [4.78, 5) is 27.4. The van der Waals surface area contributed by atoms with Crippen LogP contribution in [-0.2, 0) is 0 Å². The first-order chi connectivity index (χ1) is 14.0. The molecule has 3 rings (SSSR count). The first-order valence-corrected chi connectivity index (χ1v) is 10.4. The van der Waals surface area contributed by atoms with Gasteiger partial charge in [0, 0.05) is 36.9 Å². The number of nitrogens with zero attached hydrogens (tertiary/aromatic N) is 3. The second kappa shape index (κ2) is 9.78. The molecule has 2 heterocycles. The van der Waals surface area contributed by atoms with Crippen LogP contribution in [0, 0.1) is 0 Å². The van der Waals surface area contributed by atoms with E-state index < -0.39 is 0 Å². The molecule has 0 saturated carbocycles. The van der Waals surface area contributed by atoms with Gasteiger partial charge in [-0.15, -0.1) is 0 Å². The number of fused-ring (bicyclic) bond motifs is 1. The fourth-order valence-corrected chi connectivity index (χ4v) is 3.51. The summed E-state index contributed by atoms with van der Waals surface area (Å²) in [5.74, 6) is 0.278. The van der Waals surface area contributed by atoms with Crippen molar-refractivity contribution in [1.82, 2.24) is 20.0 Å². The average molecular weight is 419 g/mol. The summed E-state index contributed by atoms with van der Waals surface area (Å²) in [5.41, 5.74) is 1.03. The Labute approximate surface area is 176 Å². The maximum Gasteiger partial charge on any atom is 0.272 e. The van der Waals surface area contributed by atoms with Gasteiger partial charge < -0.3 is 15.0 Å². The Kier molecular flexibility index (Phi) is 7.14. The number of hydrogen-bond acceptors (Lipinski definition) is 4. The first-order valence-electron chi connectivity index (χ1n) is 10.0. The lowest BCUT2D eigenvalue weighted by Gasteiger charge is -2.23. The van der Waals surface area contributed by atoms with E-state index in [2.05, 4.69) is 10.4 Å². The van der Waals surface area contributed by atoms with Gasteiger partial charge >= 0.3 is 0 Å². The van der Waals surface area contributed by atoms with E-state index in [0.717, 1.165) is 12.8 Å². The SMILES string of the molecule is CC(C)n1nccc1C(=O)N1CCCCNC(=O)c2cc(Cl)ccc2OCCC1. The number of carbonyl (C=O) groups excluding carboxylic acids is 2. The number of halogens is 1. The van der Waals surface area contributed by atoms with Crippen molar-refractivity contribution in [2.24, 2.45) is 0 Å². The maximum absolute atomic E-state index is 13.1. The Bertz CT molecular complexity index is 865. The Morgan fingerprint density at radius 1 is 1.21 bits per heavy atom. The number of aromatic nitrogens is 2. The number of benzene rings is 1. The standard InChI is InChI=1S/C21H27ClN4O3/c1-15(2)26-18(8-10-24-26)21(28)25-11-4-3-9-23-20(27)17-14-16(22)6-7-19(17)29-13-5-12-25/h6-8,10,14-15H,3-5,9,11-13H2,1-2H3,(H,23,27). The first kappa shape index (κ1) is 21.2. The molecule has 0 saturated heterocycles. The molecule has 8 heteroatoms. The summed E-state index contributed by atoms with van der Waals surface area (Å²) >= 11 is 6.04. The Hall–Kier alpha value is -2.54. The Morgan fingerprint density at radius 2 is 2.00 bits per heavy atom. The molecule has 0 fully saturated rings. The molecule has 2 amide bonds.